The lowest BCUT2D eigenvalue weighted by molar-refractivity contribution is -0.140. The number of amides is 2. The summed E-state index contributed by atoms with van der Waals surface area (Å²) >= 11 is 0. The van der Waals surface area contributed by atoms with Gasteiger partial charge in [-0.15, -0.1) is 24.8 Å². The lowest BCUT2D eigenvalue weighted by Crippen LogP contribution is -2.56. The van der Waals surface area contributed by atoms with Crippen LogP contribution in [0.4, 0.5) is 0 Å². The largest absolute Gasteiger partial charge is 0.382 e. The van der Waals surface area contributed by atoms with Crippen LogP contribution in [0.3, 0.4) is 0 Å². The predicted molar refractivity (Wildman–Crippen MR) is 149 cm³/mol. The fourth-order valence-electron chi connectivity index (χ4n) is 4.98. The van der Waals surface area contributed by atoms with E-state index in [1.807, 2.05) is 38.6 Å². The number of fused-ring (bicyclic) bond motifs is 1. The number of methoxy groups -OCH3 is 1. The minimum absolute atomic E-state index is 0. The van der Waals surface area contributed by atoms with Crippen LogP contribution in [0.25, 0.3) is 5.65 Å². The Morgan fingerprint density at radius 1 is 1.18 bits per heavy atom. The SMILES string of the molecule is COCCOCc1c(C(=O)N(CC(C)C)[C@@H]2CNC[C@H](C(=O)N3CCOCC3)C2)nc2ccccn12.Cl.Cl. The molecular formula is C26H41Cl2N5O5. The van der Waals surface area contributed by atoms with Crippen LogP contribution < -0.4 is 5.32 Å². The Balaban J connectivity index is 0.00000253. The molecule has 4 heterocycles. The number of imidazole rings is 1. The molecule has 0 bridgehead atoms. The number of piperidine rings is 1. The number of halogens is 2. The zero-order valence-electron chi connectivity index (χ0n) is 22.5. The Morgan fingerprint density at radius 3 is 2.66 bits per heavy atom. The summed E-state index contributed by atoms with van der Waals surface area (Å²) in [6.45, 7) is 9.65. The molecule has 0 unspecified atom stereocenters. The number of nitrogens with one attached hydrogen (secondary N) is 1. The average molecular weight is 575 g/mol. The molecule has 38 heavy (non-hydrogen) atoms. The highest BCUT2D eigenvalue weighted by molar-refractivity contribution is 5.94. The van der Waals surface area contributed by atoms with Crippen molar-refractivity contribution in [2.75, 3.05) is 66.3 Å². The molecule has 2 fully saturated rings. The van der Waals surface area contributed by atoms with Gasteiger partial charge in [-0.1, -0.05) is 19.9 Å². The molecule has 2 aromatic heterocycles. The first-order valence-corrected chi connectivity index (χ1v) is 12.9. The number of hydrogen-bond acceptors (Lipinski definition) is 7. The van der Waals surface area contributed by atoms with Crippen molar-refractivity contribution in [1.29, 1.82) is 0 Å². The van der Waals surface area contributed by atoms with Gasteiger partial charge in [-0.3, -0.25) is 9.59 Å². The highest BCUT2D eigenvalue weighted by Gasteiger charge is 2.36. The van der Waals surface area contributed by atoms with E-state index in [0.717, 1.165) is 5.69 Å². The molecule has 2 aromatic rings. The smallest absolute Gasteiger partial charge is 0.274 e. The van der Waals surface area contributed by atoms with Crippen LogP contribution in [0.5, 0.6) is 0 Å². The summed E-state index contributed by atoms with van der Waals surface area (Å²) < 4.78 is 18.2. The summed E-state index contributed by atoms with van der Waals surface area (Å²) in [6, 6.07) is 5.61. The van der Waals surface area contributed by atoms with E-state index in [1.165, 1.54) is 0 Å². The summed E-state index contributed by atoms with van der Waals surface area (Å²) in [5.74, 6) is 0.126. The van der Waals surface area contributed by atoms with Gasteiger partial charge in [-0.25, -0.2) is 4.98 Å². The van der Waals surface area contributed by atoms with Crippen LogP contribution >= 0.6 is 24.8 Å². The van der Waals surface area contributed by atoms with E-state index in [1.54, 1.807) is 7.11 Å². The van der Waals surface area contributed by atoms with Crippen molar-refractivity contribution in [3.63, 3.8) is 0 Å². The van der Waals surface area contributed by atoms with E-state index in [-0.39, 0.29) is 61.1 Å². The fourth-order valence-corrected chi connectivity index (χ4v) is 4.98. The second-order valence-corrected chi connectivity index (χ2v) is 9.92. The first-order chi connectivity index (χ1) is 17.5. The molecule has 12 heteroatoms. The van der Waals surface area contributed by atoms with Crippen molar-refractivity contribution in [1.82, 2.24) is 24.5 Å². The normalized spacial score (nSPS) is 19.6. The number of aromatic nitrogens is 2. The number of rotatable bonds is 10. The number of ether oxygens (including phenoxy) is 3. The maximum Gasteiger partial charge on any atom is 0.274 e. The molecule has 0 aromatic carbocycles. The molecule has 4 rings (SSSR count). The van der Waals surface area contributed by atoms with Crippen LogP contribution in [-0.2, 0) is 25.6 Å². The summed E-state index contributed by atoms with van der Waals surface area (Å²) in [4.78, 5) is 35.8. The van der Waals surface area contributed by atoms with Gasteiger partial charge in [0, 0.05) is 52.1 Å². The van der Waals surface area contributed by atoms with Crippen LogP contribution in [0, 0.1) is 11.8 Å². The second kappa shape index (κ2) is 15.6. The third kappa shape index (κ3) is 7.80. The van der Waals surface area contributed by atoms with Gasteiger partial charge >= 0.3 is 0 Å². The van der Waals surface area contributed by atoms with Crippen molar-refractivity contribution >= 4 is 42.3 Å². The van der Waals surface area contributed by atoms with Crippen molar-refractivity contribution in [3.05, 3.63) is 35.8 Å². The first kappa shape index (κ1) is 32.3. The van der Waals surface area contributed by atoms with Crippen molar-refractivity contribution in [2.24, 2.45) is 11.8 Å². The zero-order chi connectivity index (χ0) is 25.5. The predicted octanol–water partition coefficient (Wildman–Crippen LogP) is 2.28. The van der Waals surface area contributed by atoms with Gasteiger partial charge in [0.2, 0.25) is 5.91 Å². The molecule has 0 spiro atoms. The molecule has 2 atom stereocenters. The zero-order valence-corrected chi connectivity index (χ0v) is 24.1. The maximum absolute atomic E-state index is 14.1. The maximum atomic E-state index is 14.1. The number of carbonyl (C=O) groups excluding carboxylic acids is 2. The van der Waals surface area contributed by atoms with E-state index in [9.17, 15) is 9.59 Å². The number of morpholine rings is 1. The highest BCUT2D eigenvalue weighted by Crippen LogP contribution is 2.24. The van der Waals surface area contributed by atoms with Crippen molar-refractivity contribution in [2.45, 2.75) is 32.9 Å². The lowest BCUT2D eigenvalue weighted by Gasteiger charge is -2.40. The minimum atomic E-state index is -0.165. The quantitative estimate of drug-likeness (QED) is 0.435. The molecule has 10 nitrogen and oxygen atoms in total. The Bertz CT molecular complexity index is 1030. The molecule has 2 amide bonds. The Morgan fingerprint density at radius 2 is 1.95 bits per heavy atom. The number of hydrogen-bond donors (Lipinski definition) is 1. The molecule has 1 N–H and O–H groups in total. The Kier molecular flexibility index (Phi) is 13.2. The van der Waals surface area contributed by atoms with Crippen LogP contribution in [0.1, 0.15) is 36.5 Å². The van der Waals surface area contributed by atoms with Gasteiger partial charge in [0.1, 0.15) is 5.65 Å². The molecule has 2 aliphatic rings. The van der Waals surface area contributed by atoms with Gasteiger partial charge < -0.3 is 33.7 Å². The Hall–Kier alpha value is -1.95. The summed E-state index contributed by atoms with van der Waals surface area (Å²) in [5.41, 5.74) is 1.84. The van der Waals surface area contributed by atoms with E-state index in [0.29, 0.717) is 76.9 Å². The van der Waals surface area contributed by atoms with E-state index >= 15 is 0 Å². The monoisotopic (exact) mass is 573 g/mol. The molecule has 0 aliphatic carbocycles. The number of pyridine rings is 1. The number of nitrogens with zero attached hydrogens (tertiary/aromatic N) is 4. The van der Waals surface area contributed by atoms with Gasteiger partial charge in [-0.05, 0) is 24.5 Å². The molecule has 214 valence electrons. The van der Waals surface area contributed by atoms with Gasteiger partial charge in [0.25, 0.3) is 5.91 Å². The summed E-state index contributed by atoms with van der Waals surface area (Å²) in [6.07, 6.45) is 2.54. The Labute approximate surface area is 237 Å². The lowest BCUT2D eigenvalue weighted by atomic mass is 9.92. The standard InChI is InChI=1S/C26H39N5O5.2ClH/c1-19(2)17-31(21-14-20(15-27-16-21)25(32)29-8-10-35-11-9-29)26(33)24-22(18-36-13-12-34-3)30-7-5-4-6-23(30)28-24;;/h4-7,19-21,27H,8-18H2,1-3H3;2*1H/t20-,21+;;/m1../s1. The topological polar surface area (TPSA) is 97.6 Å². The highest BCUT2D eigenvalue weighted by atomic mass is 35.5. The van der Waals surface area contributed by atoms with Crippen molar-refractivity contribution in [3.8, 4) is 0 Å². The van der Waals surface area contributed by atoms with Crippen LogP contribution in [0.15, 0.2) is 24.4 Å². The summed E-state index contributed by atoms with van der Waals surface area (Å²) in [5, 5.41) is 3.42. The molecule has 2 saturated heterocycles. The minimum Gasteiger partial charge on any atom is -0.382 e. The van der Waals surface area contributed by atoms with Gasteiger partial charge in [0.15, 0.2) is 5.69 Å². The third-order valence-electron chi connectivity index (χ3n) is 6.76. The first-order valence-electron chi connectivity index (χ1n) is 12.9. The van der Waals surface area contributed by atoms with Gasteiger partial charge in [-0.2, -0.15) is 0 Å². The third-order valence-corrected chi connectivity index (χ3v) is 6.76. The van der Waals surface area contributed by atoms with Gasteiger partial charge in [0.05, 0.1) is 44.6 Å². The van der Waals surface area contributed by atoms with E-state index in [2.05, 4.69) is 19.2 Å². The molecular weight excluding hydrogens is 533 g/mol. The van der Waals surface area contributed by atoms with Crippen molar-refractivity contribution < 1.29 is 23.8 Å². The van der Waals surface area contributed by atoms with Crippen LogP contribution in [-0.4, -0.2) is 103 Å². The molecule has 0 radical (unpaired) electrons. The summed E-state index contributed by atoms with van der Waals surface area (Å²) in [7, 11) is 1.63. The molecule has 0 saturated carbocycles. The average Bonchev–Trinajstić information content (AvgIpc) is 3.28. The fraction of sp³-hybridized carbons (Fsp3) is 0.654. The second-order valence-electron chi connectivity index (χ2n) is 9.92. The van der Waals surface area contributed by atoms with E-state index < -0.39 is 0 Å². The number of carbonyl (C=O) groups is 2. The van der Waals surface area contributed by atoms with E-state index in [4.69, 9.17) is 19.2 Å². The molecule has 2 aliphatic heterocycles. The van der Waals surface area contributed by atoms with Crippen LogP contribution in [0.2, 0.25) is 0 Å².